The lowest BCUT2D eigenvalue weighted by Crippen LogP contribution is -2.28. The number of carbonyl (C=O) groups is 2. The van der Waals surface area contributed by atoms with Crippen molar-refractivity contribution >= 4 is 17.5 Å². The molecule has 29 heavy (non-hydrogen) atoms. The summed E-state index contributed by atoms with van der Waals surface area (Å²) >= 11 is 0. The molecule has 0 saturated heterocycles. The average Bonchev–Trinajstić information content (AvgIpc) is 3.24. The first kappa shape index (κ1) is 19.3. The highest BCUT2D eigenvalue weighted by Gasteiger charge is 2.17. The third kappa shape index (κ3) is 5.08. The van der Waals surface area contributed by atoms with Gasteiger partial charge in [0.05, 0.1) is 12.6 Å². The van der Waals surface area contributed by atoms with E-state index in [0.717, 1.165) is 42.0 Å². The Morgan fingerprint density at radius 3 is 2.59 bits per heavy atom. The van der Waals surface area contributed by atoms with Crippen molar-refractivity contribution in [3.63, 3.8) is 0 Å². The number of aryl methyl sites for hydroxylation is 1. The molecule has 1 saturated carbocycles. The molecule has 0 aromatic heterocycles. The Morgan fingerprint density at radius 2 is 1.79 bits per heavy atom. The van der Waals surface area contributed by atoms with Crippen molar-refractivity contribution in [1.29, 1.82) is 0 Å². The number of nitrogens with one attached hydrogen (secondary N) is 2. The molecule has 2 aliphatic rings. The van der Waals surface area contributed by atoms with Crippen LogP contribution in [0.15, 0.2) is 42.5 Å². The van der Waals surface area contributed by atoms with Crippen molar-refractivity contribution in [2.24, 2.45) is 0 Å². The van der Waals surface area contributed by atoms with Crippen molar-refractivity contribution in [3.05, 3.63) is 53.6 Å². The molecule has 2 aromatic rings. The van der Waals surface area contributed by atoms with Crippen molar-refractivity contribution < 1.29 is 19.1 Å². The molecular weight excluding hydrogens is 368 g/mol. The Balaban J connectivity index is 1.21. The lowest BCUT2D eigenvalue weighted by atomic mass is 10.0. The van der Waals surface area contributed by atoms with Crippen LogP contribution in [0.1, 0.15) is 48.0 Å². The van der Waals surface area contributed by atoms with Crippen LogP contribution >= 0.6 is 0 Å². The van der Waals surface area contributed by atoms with Gasteiger partial charge in [-0.25, -0.2) is 0 Å². The smallest absolute Gasteiger partial charge is 0.251 e. The summed E-state index contributed by atoms with van der Waals surface area (Å²) in [6, 6.07) is 12.9. The zero-order chi connectivity index (χ0) is 20.1. The number of hydrogen-bond acceptors (Lipinski definition) is 4. The van der Waals surface area contributed by atoms with E-state index in [9.17, 15) is 9.59 Å². The van der Waals surface area contributed by atoms with E-state index in [1.807, 2.05) is 30.3 Å². The molecule has 1 fully saturated rings. The maximum absolute atomic E-state index is 12.3. The second-order valence-electron chi connectivity index (χ2n) is 7.52. The van der Waals surface area contributed by atoms with Gasteiger partial charge >= 0.3 is 0 Å². The summed E-state index contributed by atoms with van der Waals surface area (Å²) in [5, 5.41) is 5.72. The lowest BCUT2D eigenvalue weighted by Gasteiger charge is -2.17. The van der Waals surface area contributed by atoms with Crippen molar-refractivity contribution in [1.82, 2.24) is 5.32 Å². The summed E-state index contributed by atoms with van der Waals surface area (Å²) in [5.41, 5.74) is 2.53. The Morgan fingerprint density at radius 1 is 1.03 bits per heavy atom. The molecule has 2 N–H and O–H groups in total. The van der Waals surface area contributed by atoms with Gasteiger partial charge < -0.3 is 20.1 Å². The highest BCUT2D eigenvalue weighted by molar-refractivity contribution is 5.94. The monoisotopic (exact) mass is 394 g/mol. The Kier molecular flexibility index (Phi) is 5.98. The van der Waals surface area contributed by atoms with Gasteiger partial charge in [0, 0.05) is 17.7 Å². The van der Waals surface area contributed by atoms with Gasteiger partial charge in [-0.2, -0.15) is 0 Å². The second-order valence-corrected chi connectivity index (χ2v) is 7.52. The van der Waals surface area contributed by atoms with Crippen molar-refractivity contribution in [2.75, 3.05) is 18.5 Å². The summed E-state index contributed by atoms with van der Waals surface area (Å²) < 4.78 is 11.7. The first-order chi connectivity index (χ1) is 14.2. The molecule has 1 aliphatic carbocycles. The molecule has 6 nitrogen and oxygen atoms in total. The Labute approximate surface area is 170 Å². The van der Waals surface area contributed by atoms with Crippen LogP contribution in [0.2, 0.25) is 0 Å². The van der Waals surface area contributed by atoms with Crippen molar-refractivity contribution in [3.8, 4) is 11.5 Å². The molecule has 0 spiro atoms. The summed E-state index contributed by atoms with van der Waals surface area (Å²) in [4.78, 5) is 23.7. The molecule has 0 radical (unpaired) electrons. The first-order valence-electron chi connectivity index (χ1n) is 10.3. The zero-order valence-corrected chi connectivity index (χ0v) is 16.4. The fourth-order valence-electron chi connectivity index (χ4n) is 3.77. The third-order valence-corrected chi connectivity index (χ3v) is 5.35. The molecule has 0 bridgehead atoms. The maximum Gasteiger partial charge on any atom is 0.251 e. The molecule has 152 valence electrons. The van der Waals surface area contributed by atoms with Crippen LogP contribution in [0.25, 0.3) is 0 Å². The number of amides is 2. The molecule has 1 heterocycles. The Hall–Kier alpha value is -3.02. The van der Waals surface area contributed by atoms with E-state index < -0.39 is 0 Å². The quantitative estimate of drug-likeness (QED) is 0.702. The highest BCUT2D eigenvalue weighted by Crippen LogP contribution is 2.27. The van der Waals surface area contributed by atoms with E-state index in [-0.39, 0.29) is 11.8 Å². The summed E-state index contributed by atoms with van der Waals surface area (Å²) in [6.07, 6.45) is 6.21. The normalized spacial score (nSPS) is 16.1. The number of benzene rings is 2. The predicted octanol–water partition coefficient (Wildman–Crippen LogP) is 3.70. The highest BCUT2D eigenvalue weighted by atomic mass is 16.5. The maximum atomic E-state index is 12.3. The molecule has 6 heteroatoms. The third-order valence-electron chi connectivity index (χ3n) is 5.35. The van der Waals surface area contributed by atoms with Gasteiger partial charge in [-0.3, -0.25) is 9.59 Å². The lowest BCUT2D eigenvalue weighted by molar-refractivity contribution is -0.116. The minimum Gasteiger partial charge on any atom is -0.492 e. The summed E-state index contributed by atoms with van der Waals surface area (Å²) in [7, 11) is 0. The van der Waals surface area contributed by atoms with Gasteiger partial charge in [0.15, 0.2) is 0 Å². The largest absolute Gasteiger partial charge is 0.492 e. The number of rotatable bonds is 7. The topological polar surface area (TPSA) is 76.7 Å². The number of ether oxygens (including phenoxy) is 2. The zero-order valence-electron chi connectivity index (χ0n) is 16.4. The molecule has 4 rings (SSSR count). The van der Waals surface area contributed by atoms with Gasteiger partial charge in [0.1, 0.15) is 18.1 Å². The van der Waals surface area contributed by atoms with Crippen LogP contribution < -0.4 is 20.1 Å². The van der Waals surface area contributed by atoms with Gasteiger partial charge in [-0.05, 0) is 80.1 Å². The van der Waals surface area contributed by atoms with Gasteiger partial charge in [-0.1, -0.05) is 0 Å². The minimum absolute atomic E-state index is 0.0482. The van der Waals surface area contributed by atoms with Crippen LogP contribution in [-0.4, -0.2) is 31.1 Å². The SMILES string of the molecule is O=C1CCc2cc(OCCNC(=O)c3ccc(OC4CCCC4)cc3)ccc2N1. The molecule has 2 amide bonds. The average molecular weight is 394 g/mol. The van der Waals surface area contributed by atoms with Gasteiger partial charge in [0.2, 0.25) is 5.91 Å². The predicted molar refractivity (Wildman–Crippen MR) is 111 cm³/mol. The van der Waals surface area contributed by atoms with Crippen molar-refractivity contribution in [2.45, 2.75) is 44.6 Å². The van der Waals surface area contributed by atoms with E-state index in [0.29, 0.717) is 31.2 Å². The fourth-order valence-corrected chi connectivity index (χ4v) is 3.77. The molecule has 1 aliphatic heterocycles. The number of fused-ring (bicyclic) bond motifs is 1. The van der Waals surface area contributed by atoms with Crippen LogP contribution in [0, 0.1) is 0 Å². The molecule has 0 unspecified atom stereocenters. The summed E-state index contributed by atoms with van der Waals surface area (Å²) in [6.45, 7) is 0.784. The molecular formula is C23H26N2O4. The van der Waals surface area contributed by atoms with E-state index in [1.165, 1.54) is 12.8 Å². The fraction of sp³-hybridized carbons (Fsp3) is 0.391. The second kappa shape index (κ2) is 8.99. The van der Waals surface area contributed by atoms with E-state index in [4.69, 9.17) is 9.47 Å². The Bertz CT molecular complexity index is 873. The number of carbonyl (C=O) groups excluding carboxylic acids is 2. The minimum atomic E-state index is -0.130. The van der Waals surface area contributed by atoms with Gasteiger partial charge in [0.25, 0.3) is 5.91 Å². The van der Waals surface area contributed by atoms with Crippen LogP contribution in [0.3, 0.4) is 0 Å². The van der Waals surface area contributed by atoms with E-state index in [2.05, 4.69) is 10.6 Å². The van der Waals surface area contributed by atoms with Crippen LogP contribution in [-0.2, 0) is 11.2 Å². The van der Waals surface area contributed by atoms with E-state index >= 15 is 0 Å². The van der Waals surface area contributed by atoms with E-state index in [1.54, 1.807) is 12.1 Å². The number of hydrogen-bond donors (Lipinski definition) is 2. The molecule has 2 aromatic carbocycles. The van der Waals surface area contributed by atoms with Gasteiger partial charge in [-0.15, -0.1) is 0 Å². The summed E-state index contributed by atoms with van der Waals surface area (Å²) in [5.74, 6) is 1.48. The first-order valence-corrected chi connectivity index (χ1v) is 10.3. The standard InChI is InChI=1S/C23H26N2O4/c26-22-12-7-17-15-20(10-11-21(17)25-22)28-14-13-24-23(27)16-5-8-19(9-6-16)29-18-3-1-2-4-18/h5-6,8-11,15,18H,1-4,7,12-14H2,(H,24,27)(H,25,26). The number of anilines is 1. The molecule has 0 atom stereocenters. The van der Waals surface area contributed by atoms with Crippen LogP contribution in [0.4, 0.5) is 5.69 Å². The van der Waals surface area contributed by atoms with Crippen LogP contribution in [0.5, 0.6) is 11.5 Å².